The van der Waals surface area contributed by atoms with Gasteiger partial charge in [-0.05, 0) is 32.9 Å². The van der Waals surface area contributed by atoms with Crippen molar-refractivity contribution < 1.29 is 4.42 Å². The highest BCUT2D eigenvalue weighted by molar-refractivity contribution is 5.82. The lowest BCUT2D eigenvalue weighted by Gasteiger charge is -2.34. The number of hydrogen-bond acceptors (Lipinski definition) is 3. The van der Waals surface area contributed by atoms with Crippen LogP contribution in [0.15, 0.2) is 28.7 Å². The molecule has 0 spiro atoms. The van der Waals surface area contributed by atoms with E-state index < -0.39 is 0 Å². The van der Waals surface area contributed by atoms with Crippen LogP contribution < -0.4 is 5.73 Å². The fourth-order valence-corrected chi connectivity index (χ4v) is 3.09. The summed E-state index contributed by atoms with van der Waals surface area (Å²) < 4.78 is 5.91. The van der Waals surface area contributed by atoms with Crippen LogP contribution in [0.25, 0.3) is 11.0 Å². The van der Waals surface area contributed by atoms with Gasteiger partial charge in [-0.1, -0.05) is 32.0 Å². The zero-order valence-electron chi connectivity index (χ0n) is 13.0. The van der Waals surface area contributed by atoms with Gasteiger partial charge in [0.05, 0.1) is 6.04 Å². The number of likely N-dealkylation sites (N-methyl/N-ethyl adjacent to an activating group) is 1. The zero-order chi connectivity index (χ0) is 14.7. The van der Waals surface area contributed by atoms with Crippen molar-refractivity contribution >= 4 is 11.0 Å². The quantitative estimate of drug-likeness (QED) is 0.869. The maximum absolute atomic E-state index is 6.11. The smallest absolute Gasteiger partial charge is 0.134 e. The first kappa shape index (κ1) is 15.1. The molecule has 2 rings (SSSR count). The van der Waals surface area contributed by atoms with Gasteiger partial charge in [0.15, 0.2) is 0 Å². The fourth-order valence-electron chi connectivity index (χ4n) is 3.09. The zero-order valence-corrected chi connectivity index (χ0v) is 13.0. The molecule has 0 fully saturated rings. The summed E-state index contributed by atoms with van der Waals surface area (Å²) in [5.74, 6) is 0.989. The molecule has 0 bridgehead atoms. The summed E-state index contributed by atoms with van der Waals surface area (Å²) in [4.78, 5) is 2.48. The molecule has 3 nitrogen and oxygen atoms in total. The molecule has 2 atom stereocenters. The van der Waals surface area contributed by atoms with E-state index in [-0.39, 0.29) is 6.04 Å². The van der Waals surface area contributed by atoms with Crippen LogP contribution in [0.5, 0.6) is 0 Å². The molecule has 0 aliphatic rings. The number of hydrogen-bond donors (Lipinski definition) is 1. The summed E-state index contributed by atoms with van der Waals surface area (Å²) >= 11 is 0. The van der Waals surface area contributed by atoms with Crippen LogP contribution in [0.1, 0.15) is 44.6 Å². The highest BCUT2D eigenvalue weighted by atomic mass is 16.3. The van der Waals surface area contributed by atoms with Crippen molar-refractivity contribution in [2.45, 2.75) is 46.2 Å². The molecule has 0 saturated carbocycles. The largest absolute Gasteiger partial charge is 0.461 e. The minimum Gasteiger partial charge on any atom is -0.461 e. The molecule has 110 valence electrons. The first-order chi connectivity index (χ1) is 9.63. The molecule has 20 heavy (non-hydrogen) atoms. The van der Waals surface area contributed by atoms with E-state index in [2.05, 4.69) is 37.8 Å². The predicted molar refractivity (Wildman–Crippen MR) is 84.9 cm³/mol. The van der Waals surface area contributed by atoms with Crippen molar-refractivity contribution in [3.63, 3.8) is 0 Å². The van der Waals surface area contributed by atoms with Crippen molar-refractivity contribution in [2.75, 3.05) is 13.1 Å². The lowest BCUT2D eigenvalue weighted by molar-refractivity contribution is 0.151. The van der Waals surface area contributed by atoms with Crippen molar-refractivity contribution in [2.24, 2.45) is 5.73 Å². The van der Waals surface area contributed by atoms with Crippen LogP contribution >= 0.6 is 0 Å². The van der Waals surface area contributed by atoms with Crippen molar-refractivity contribution in [1.29, 1.82) is 0 Å². The Morgan fingerprint density at radius 2 is 1.95 bits per heavy atom. The maximum atomic E-state index is 6.11. The van der Waals surface area contributed by atoms with Gasteiger partial charge in [-0.2, -0.15) is 0 Å². The molecule has 1 aromatic carbocycles. The summed E-state index contributed by atoms with van der Waals surface area (Å²) in [6, 6.07) is 8.97. The van der Waals surface area contributed by atoms with Crippen LogP contribution in [0.3, 0.4) is 0 Å². The average molecular weight is 274 g/mol. The Hall–Kier alpha value is -1.32. The number of para-hydroxylation sites is 1. The van der Waals surface area contributed by atoms with Gasteiger partial charge >= 0.3 is 0 Å². The SMILES string of the molecule is CCC(C)N(CC)C(CN)c1c(C)oc2ccccc12. The van der Waals surface area contributed by atoms with Crippen molar-refractivity contribution in [3.8, 4) is 0 Å². The molecule has 2 unspecified atom stereocenters. The Kier molecular flexibility index (Phi) is 4.84. The van der Waals surface area contributed by atoms with E-state index in [1.165, 1.54) is 10.9 Å². The predicted octanol–water partition coefficient (Wildman–Crippen LogP) is 3.86. The number of fused-ring (bicyclic) bond motifs is 1. The lowest BCUT2D eigenvalue weighted by atomic mass is 9.99. The van der Waals surface area contributed by atoms with Gasteiger partial charge in [-0.15, -0.1) is 0 Å². The van der Waals surface area contributed by atoms with Crippen molar-refractivity contribution in [3.05, 3.63) is 35.6 Å². The fraction of sp³-hybridized carbons (Fsp3) is 0.529. The molecule has 0 saturated heterocycles. The highest BCUT2D eigenvalue weighted by Crippen LogP contribution is 2.34. The topological polar surface area (TPSA) is 42.4 Å². The number of benzene rings is 1. The monoisotopic (exact) mass is 274 g/mol. The van der Waals surface area contributed by atoms with E-state index in [0.29, 0.717) is 12.6 Å². The van der Waals surface area contributed by atoms with Gasteiger partial charge in [0.1, 0.15) is 11.3 Å². The van der Waals surface area contributed by atoms with Crippen LogP contribution in [-0.2, 0) is 0 Å². The van der Waals surface area contributed by atoms with Gasteiger partial charge in [0.25, 0.3) is 0 Å². The molecular formula is C17H26N2O. The van der Waals surface area contributed by atoms with Gasteiger partial charge in [0.2, 0.25) is 0 Å². The van der Waals surface area contributed by atoms with Crippen LogP contribution in [0.2, 0.25) is 0 Å². The number of rotatable bonds is 6. The Labute approximate surface area is 121 Å². The van der Waals surface area contributed by atoms with Crippen LogP contribution in [-0.4, -0.2) is 24.0 Å². The minimum atomic E-state index is 0.221. The van der Waals surface area contributed by atoms with Crippen molar-refractivity contribution in [1.82, 2.24) is 4.90 Å². The van der Waals surface area contributed by atoms with E-state index in [1.54, 1.807) is 0 Å². The Balaban J connectivity index is 2.50. The molecule has 0 aliphatic carbocycles. The third-order valence-corrected chi connectivity index (χ3v) is 4.30. The average Bonchev–Trinajstić information content (AvgIpc) is 2.80. The second-order valence-electron chi connectivity index (χ2n) is 5.41. The van der Waals surface area contributed by atoms with Gasteiger partial charge in [-0.3, -0.25) is 4.90 Å². The summed E-state index contributed by atoms with van der Waals surface area (Å²) in [5, 5.41) is 1.20. The van der Waals surface area contributed by atoms with Crippen LogP contribution in [0, 0.1) is 6.92 Å². The number of aryl methyl sites for hydroxylation is 1. The second-order valence-corrected chi connectivity index (χ2v) is 5.41. The maximum Gasteiger partial charge on any atom is 0.134 e. The summed E-state index contributed by atoms with van der Waals surface area (Å²) in [6.45, 7) is 10.3. The Morgan fingerprint density at radius 1 is 1.25 bits per heavy atom. The molecule has 2 aromatic rings. The molecule has 2 N–H and O–H groups in total. The lowest BCUT2D eigenvalue weighted by Crippen LogP contribution is -2.39. The molecule has 1 aromatic heterocycles. The van der Waals surface area contributed by atoms with Gasteiger partial charge in [0, 0.05) is 23.5 Å². The standard InChI is InChI=1S/C17H26N2O/c1-5-12(3)19(6-2)15(11-18)17-13(4)20-16-10-8-7-9-14(16)17/h7-10,12,15H,5-6,11,18H2,1-4H3. The number of nitrogens with zero attached hydrogens (tertiary/aromatic N) is 1. The Morgan fingerprint density at radius 3 is 2.55 bits per heavy atom. The van der Waals surface area contributed by atoms with E-state index in [9.17, 15) is 0 Å². The van der Waals surface area contributed by atoms with E-state index >= 15 is 0 Å². The first-order valence-corrected chi connectivity index (χ1v) is 7.57. The van der Waals surface area contributed by atoms with Gasteiger partial charge in [-0.25, -0.2) is 0 Å². The summed E-state index contributed by atoms with van der Waals surface area (Å²) in [7, 11) is 0. The normalized spacial score (nSPS) is 14.9. The molecule has 0 aliphatic heterocycles. The van der Waals surface area contributed by atoms with Gasteiger partial charge < -0.3 is 10.2 Å². The second kappa shape index (κ2) is 6.42. The van der Waals surface area contributed by atoms with E-state index in [1.807, 2.05) is 19.1 Å². The number of furan rings is 1. The van der Waals surface area contributed by atoms with Crippen LogP contribution in [0.4, 0.5) is 0 Å². The summed E-state index contributed by atoms with van der Waals surface area (Å²) in [6.07, 6.45) is 1.12. The highest BCUT2D eigenvalue weighted by Gasteiger charge is 2.26. The third kappa shape index (κ3) is 2.60. The molecule has 0 amide bonds. The van der Waals surface area contributed by atoms with E-state index in [4.69, 9.17) is 10.2 Å². The Bertz CT molecular complexity index is 561. The third-order valence-electron chi connectivity index (χ3n) is 4.30. The molecule has 3 heteroatoms. The van der Waals surface area contributed by atoms with E-state index in [0.717, 1.165) is 24.3 Å². The summed E-state index contributed by atoms with van der Waals surface area (Å²) in [5.41, 5.74) is 8.32. The minimum absolute atomic E-state index is 0.221. The molecule has 0 radical (unpaired) electrons. The number of nitrogens with two attached hydrogens (primary N) is 1. The first-order valence-electron chi connectivity index (χ1n) is 7.57. The molecule has 1 heterocycles. The molecular weight excluding hydrogens is 248 g/mol.